The minimum Gasteiger partial charge on any atom is -0.382 e. The first-order valence-electron chi connectivity index (χ1n) is 5.69. The van der Waals surface area contributed by atoms with Gasteiger partial charge in [-0.1, -0.05) is 19.9 Å². The van der Waals surface area contributed by atoms with Crippen LogP contribution in [0.1, 0.15) is 40.0 Å². The van der Waals surface area contributed by atoms with Crippen molar-refractivity contribution < 1.29 is 9.90 Å². The average molecular weight is 208 g/mol. The van der Waals surface area contributed by atoms with E-state index in [1.54, 1.807) is 13.0 Å². The second-order valence-corrected chi connectivity index (χ2v) is 5.94. The minimum atomic E-state index is -1.15. The van der Waals surface area contributed by atoms with Gasteiger partial charge >= 0.3 is 0 Å². The van der Waals surface area contributed by atoms with Crippen LogP contribution in [0.15, 0.2) is 12.7 Å². The molecule has 2 heteroatoms. The summed E-state index contributed by atoms with van der Waals surface area (Å²) in [7, 11) is 0. The molecule has 84 valence electrons. The van der Waals surface area contributed by atoms with Crippen molar-refractivity contribution in [1.82, 2.24) is 0 Å². The molecule has 0 heterocycles. The summed E-state index contributed by atoms with van der Waals surface area (Å²) in [6, 6.07) is 0. The number of rotatable bonds is 1. The number of carbonyl (C=O) groups excluding carboxylic acids is 1. The molecule has 3 atom stereocenters. The summed E-state index contributed by atoms with van der Waals surface area (Å²) >= 11 is 0. The maximum atomic E-state index is 12.4. The summed E-state index contributed by atoms with van der Waals surface area (Å²) in [4.78, 5) is 12.4. The summed E-state index contributed by atoms with van der Waals surface area (Å²) in [6.45, 7) is 9.76. The molecule has 0 aliphatic heterocycles. The zero-order chi connectivity index (χ0) is 11.5. The zero-order valence-corrected chi connectivity index (χ0v) is 9.84. The van der Waals surface area contributed by atoms with Crippen LogP contribution in [0.3, 0.4) is 0 Å². The Labute approximate surface area is 91.4 Å². The van der Waals surface area contributed by atoms with Crippen molar-refractivity contribution in [3.05, 3.63) is 12.7 Å². The molecule has 0 radical (unpaired) electrons. The van der Waals surface area contributed by atoms with Crippen molar-refractivity contribution in [1.29, 1.82) is 0 Å². The summed E-state index contributed by atoms with van der Waals surface area (Å²) in [5.41, 5.74) is -1.70. The van der Waals surface area contributed by atoms with E-state index in [1.807, 2.05) is 0 Å². The Bertz CT molecular complexity index is 327. The van der Waals surface area contributed by atoms with E-state index >= 15 is 0 Å². The quantitative estimate of drug-likeness (QED) is 0.671. The fourth-order valence-corrected chi connectivity index (χ4v) is 3.72. The molecule has 0 aromatic carbocycles. The molecule has 0 spiro atoms. The van der Waals surface area contributed by atoms with Gasteiger partial charge < -0.3 is 5.11 Å². The lowest BCUT2D eigenvalue weighted by molar-refractivity contribution is -0.159. The molecule has 2 aliphatic rings. The number of hydrogen-bond acceptors (Lipinski definition) is 2. The molecule has 3 unspecified atom stereocenters. The SMILES string of the molecule is C=CC12CCC(CC(C)(O)C1=O)C2(C)C. The van der Waals surface area contributed by atoms with Crippen LogP contribution < -0.4 is 0 Å². The molecule has 0 saturated heterocycles. The molecule has 0 aromatic rings. The number of allylic oxidation sites excluding steroid dienone is 1. The molecule has 0 amide bonds. The monoisotopic (exact) mass is 208 g/mol. The lowest BCUT2D eigenvalue weighted by Gasteiger charge is -2.50. The molecule has 2 aliphatic carbocycles. The largest absolute Gasteiger partial charge is 0.382 e. The molecule has 2 rings (SSSR count). The Morgan fingerprint density at radius 1 is 1.47 bits per heavy atom. The van der Waals surface area contributed by atoms with E-state index in [9.17, 15) is 9.90 Å². The van der Waals surface area contributed by atoms with E-state index in [-0.39, 0.29) is 11.2 Å². The van der Waals surface area contributed by atoms with Gasteiger partial charge in [0.1, 0.15) is 5.60 Å². The predicted octanol–water partition coefficient (Wildman–Crippen LogP) is 2.32. The van der Waals surface area contributed by atoms with Crippen molar-refractivity contribution in [3.63, 3.8) is 0 Å². The van der Waals surface area contributed by atoms with E-state index in [4.69, 9.17) is 0 Å². The number of carbonyl (C=O) groups is 1. The predicted molar refractivity (Wildman–Crippen MR) is 59.4 cm³/mol. The standard InChI is InChI=1S/C13H20O2/c1-5-13-7-6-9(11(13,2)3)8-12(4,15)10(13)14/h5,9,15H,1,6-8H2,2-4H3. The van der Waals surface area contributed by atoms with Gasteiger partial charge in [0.05, 0.1) is 5.41 Å². The second-order valence-electron chi connectivity index (χ2n) is 5.94. The van der Waals surface area contributed by atoms with Crippen molar-refractivity contribution >= 4 is 5.78 Å². The lowest BCUT2D eigenvalue weighted by Crippen LogP contribution is -2.57. The van der Waals surface area contributed by atoms with Crippen molar-refractivity contribution in [2.24, 2.45) is 16.7 Å². The van der Waals surface area contributed by atoms with E-state index in [0.29, 0.717) is 12.3 Å². The topological polar surface area (TPSA) is 37.3 Å². The average Bonchev–Trinajstić information content (AvgIpc) is 2.31. The number of hydrogen-bond donors (Lipinski definition) is 1. The first kappa shape index (κ1) is 10.9. The third kappa shape index (κ3) is 1.06. The van der Waals surface area contributed by atoms with E-state index in [2.05, 4.69) is 20.4 Å². The Morgan fingerprint density at radius 3 is 2.60 bits per heavy atom. The van der Waals surface area contributed by atoms with Crippen LogP contribution in [0.25, 0.3) is 0 Å². The smallest absolute Gasteiger partial charge is 0.174 e. The van der Waals surface area contributed by atoms with Gasteiger partial charge in [-0.15, -0.1) is 6.58 Å². The summed E-state index contributed by atoms with van der Waals surface area (Å²) in [5.74, 6) is 0.409. The fraction of sp³-hybridized carbons (Fsp3) is 0.769. The molecule has 0 aromatic heterocycles. The van der Waals surface area contributed by atoms with Crippen LogP contribution >= 0.6 is 0 Å². The minimum absolute atomic E-state index is 0.0243. The zero-order valence-electron chi connectivity index (χ0n) is 9.84. The first-order valence-corrected chi connectivity index (χ1v) is 5.69. The van der Waals surface area contributed by atoms with Crippen molar-refractivity contribution in [3.8, 4) is 0 Å². The first-order chi connectivity index (χ1) is 6.78. The van der Waals surface area contributed by atoms with Crippen LogP contribution in [0.4, 0.5) is 0 Å². The van der Waals surface area contributed by atoms with E-state index < -0.39 is 11.0 Å². The van der Waals surface area contributed by atoms with Gasteiger partial charge in [-0.05, 0) is 37.5 Å². The maximum Gasteiger partial charge on any atom is 0.174 e. The van der Waals surface area contributed by atoms with E-state index in [1.165, 1.54) is 0 Å². The maximum absolute atomic E-state index is 12.4. The molecule has 1 N–H and O–H groups in total. The Balaban J connectivity index is 2.56. The third-order valence-electron chi connectivity index (χ3n) is 4.94. The van der Waals surface area contributed by atoms with E-state index in [0.717, 1.165) is 12.8 Å². The van der Waals surface area contributed by atoms with Gasteiger partial charge in [-0.2, -0.15) is 0 Å². The molecular formula is C13H20O2. The molecule has 2 fully saturated rings. The summed E-state index contributed by atoms with van der Waals surface area (Å²) < 4.78 is 0. The number of ketones is 1. The van der Waals surface area contributed by atoms with Crippen molar-refractivity contribution in [2.45, 2.75) is 45.6 Å². The van der Waals surface area contributed by atoms with Gasteiger partial charge in [0.15, 0.2) is 5.78 Å². The highest BCUT2D eigenvalue weighted by atomic mass is 16.3. The van der Waals surface area contributed by atoms with Gasteiger partial charge in [-0.3, -0.25) is 4.79 Å². The highest BCUT2D eigenvalue weighted by Gasteiger charge is 2.65. The molecule has 2 saturated carbocycles. The van der Waals surface area contributed by atoms with Crippen LogP contribution in [-0.2, 0) is 4.79 Å². The van der Waals surface area contributed by atoms with Gasteiger partial charge in [0.25, 0.3) is 0 Å². The van der Waals surface area contributed by atoms with Crippen LogP contribution in [0.5, 0.6) is 0 Å². The summed E-state index contributed by atoms with van der Waals surface area (Å²) in [6.07, 6.45) is 4.27. The number of aliphatic hydroxyl groups is 1. The molecule has 2 nitrogen and oxygen atoms in total. The van der Waals surface area contributed by atoms with Crippen molar-refractivity contribution in [2.75, 3.05) is 0 Å². The van der Waals surface area contributed by atoms with Crippen LogP contribution in [0, 0.1) is 16.7 Å². The Kier molecular flexibility index (Phi) is 1.98. The third-order valence-corrected chi connectivity index (χ3v) is 4.94. The fourth-order valence-electron chi connectivity index (χ4n) is 3.72. The van der Waals surface area contributed by atoms with Crippen LogP contribution in [0.2, 0.25) is 0 Å². The lowest BCUT2D eigenvalue weighted by atomic mass is 9.54. The molecular weight excluding hydrogens is 188 g/mol. The second kappa shape index (κ2) is 2.73. The summed E-state index contributed by atoms with van der Waals surface area (Å²) in [5, 5.41) is 10.2. The number of fused-ring (bicyclic) bond motifs is 2. The normalized spacial score (nSPS) is 48.0. The Hall–Kier alpha value is -0.630. The molecule has 2 bridgehead atoms. The van der Waals surface area contributed by atoms with Gasteiger partial charge in [0, 0.05) is 0 Å². The molecule has 15 heavy (non-hydrogen) atoms. The highest BCUT2D eigenvalue weighted by molar-refractivity contribution is 5.95. The van der Waals surface area contributed by atoms with Crippen LogP contribution in [-0.4, -0.2) is 16.5 Å². The highest BCUT2D eigenvalue weighted by Crippen LogP contribution is 2.63. The Morgan fingerprint density at radius 2 is 2.07 bits per heavy atom. The number of Topliss-reactive ketones (excluding diaryl/α,β-unsaturated/α-hetero) is 1. The van der Waals surface area contributed by atoms with Gasteiger partial charge in [-0.25, -0.2) is 0 Å². The van der Waals surface area contributed by atoms with Gasteiger partial charge in [0.2, 0.25) is 0 Å².